The first kappa shape index (κ1) is 35.7. The van der Waals surface area contributed by atoms with Crippen molar-refractivity contribution < 1.29 is 0 Å². The fourth-order valence-electron chi connectivity index (χ4n) is 8.74. The van der Waals surface area contributed by atoms with E-state index in [1.807, 2.05) is 0 Å². The summed E-state index contributed by atoms with van der Waals surface area (Å²) in [5.74, 6) is 2.03. The predicted molar refractivity (Wildman–Crippen MR) is 240 cm³/mol. The number of aliphatic imine (C=N–C) groups is 2. The molecule has 0 fully saturated rings. The highest BCUT2D eigenvalue weighted by Gasteiger charge is 2.51. The molecule has 4 nitrogen and oxygen atoms in total. The molecule has 7 aromatic carbocycles. The van der Waals surface area contributed by atoms with Crippen molar-refractivity contribution in [2.24, 2.45) is 9.98 Å². The van der Waals surface area contributed by atoms with Crippen LogP contribution in [0.3, 0.4) is 0 Å². The monoisotopic (exact) mass is 730 g/mol. The molecule has 0 bridgehead atoms. The first-order chi connectivity index (χ1) is 26.8. The Morgan fingerprint density at radius 3 is 0.911 bits per heavy atom. The zero-order valence-corrected chi connectivity index (χ0v) is 33.8. The van der Waals surface area contributed by atoms with E-state index in [9.17, 15) is 0 Å². The van der Waals surface area contributed by atoms with Gasteiger partial charge in [0.1, 0.15) is 11.7 Å². The largest absolute Gasteiger partial charge is 0.318 e. The minimum atomic E-state index is -0.268. The summed E-state index contributed by atoms with van der Waals surface area (Å²) in [5.41, 5.74) is 8.46. The van der Waals surface area contributed by atoms with Crippen LogP contribution in [0.2, 0.25) is 0 Å². The van der Waals surface area contributed by atoms with Crippen molar-refractivity contribution in [3.8, 4) is 22.3 Å². The summed E-state index contributed by atoms with van der Waals surface area (Å²) in [6.07, 6.45) is 0. The van der Waals surface area contributed by atoms with E-state index < -0.39 is 0 Å². The van der Waals surface area contributed by atoms with Crippen LogP contribution in [0.4, 0.5) is 11.4 Å². The highest BCUT2D eigenvalue weighted by atomic mass is 15.3. The van der Waals surface area contributed by atoms with Crippen LogP contribution in [0, 0.1) is 0 Å². The van der Waals surface area contributed by atoms with Crippen molar-refractivity contribution in [1.82, 2.24) is 0 Å². The van der Waals surface area contributed by atoms with E-state index in [1.165, 1.54) is 43.8 Å². The lowest BCUT2D eigenvalue weighted by Crippen LogP contribution is -2.53. The molecule has 0 unspecified atom stereocenters. The third-order valence-electron chi connectivity index (χ3n) is 13.1. The van der Waals surface area contributed by atoms with Gasteiger partial charge in [-0.1, -0.05) is 133 Å². The van der Waals surface area contributed by atoms with Gasteiger partial charge in [0.15, 0.2) is 0 Å². The Morgan fingerprint density at radius 1 is 0.321 bits per heavy atom. The summed E-state index contributed by atoms with van der Waals surface area (Å²) in [5, 5.41) is 4.97. The summed E-state index contributed by atoms with van der Waals surface area (Å²) in [7, 11) is 0. The van der Waals surface area contributed by atoms with Gasteiger partial charge >= 0.3 is 0 Å². The van der Waals surface area contributed by atoms with Crippen molar-refractivity contribution in [1.29, 1.82) is 0 Å². The van der Waals surface area contributed by atoms with Gasteiger partial charge in [0.2, 0.25) is 0 Å². The number of fused-ring (bicyclic) bond motifs is 2. The molecule has 7 aromatic rings. The van der Waals surface area contributed by atoms with Gasteiger partial charge in [0.05, 0.1) is 22.2 Å². The van der Waals surface area contributed by atoms with Crippen LogP contribution in [0.15, 0.2) is 168 Å². The van der Waals surface area contributed by atoms with Crippen LogP contribution in [-0.4, -0.2) is 33.8 Å². The number of benzene rings is 7. The second kappa shape index (κ2) is 12.8. The zero-order valence-electron chi connectivity index (χ0n) is 33.8. The first-order valence-corrected chi connectivity index (χ1v) is 19.9. The van der Waals surface area contributed by atoms with Gasteiger partial charge in [-0.15, -0.1) is 0 Å². The van der Waals surface area contributed by atoms with Gasteiger partial charge in [-0.05, 0) is 123 Å². The van der Waals surface area contributed by atoms with Gasteiger partial charge in [0.25, 0.3) is 0 Å². The Hall–Kier alpha value is -6.00. The lowest BCUT2D eigenvalue weighted by Gasteiger charge is -2.41. The molecule has 0 N–H and O–H groups in total. The fraction of sp³-hybridized carbons (Fsp3) is 0.231. The van der Waals surface area contributed by atoms with Crippen molar-refractivity contribution in [2.45, 2.75) is 77.5 Å². The van der Waals surface area contributed by atoms with Gasteiger partial charge in [-0.3, -0.25) is 9.98 Å². The Morgan fingerprint density at radius 2 is 0.607 bits per heavy atom. The summed E-state index contributed by atoms with van der Waals surface area (Å²) in [4.78, 5) is 15.4. The molecule has 0 aromatic heterocycles. The van der Waals surface area contributed by atoms with E-state index in [0.717, 1.165) is 34.2 Å². The maximum Gasteiger partial charge on any atom is 0.136 e. The molecular formula is C52H50N4. The molecule has 0 saturated carbocycles. The van der Waals surface area contributed by atoms with Gasteiger partial charge in [-0.25, -0.2) is 0 Å². The molecule has 2 aliphatic rings. The Kier molecular flexibility index (Phi) is 8.14. The molecule has 278 valence electrons. The molecular weight excluding hydrogens is 681 g/mol. The first-order valence-electron chi connectivity index (χ1n) is 19.9. The number of rotatable bonds is 6. The highest BCUT2D eigenvalue weighted by molar-refractivity contribution is 6.22. The second-order valence-corrected chi connectivity index (χ2v) is 17.4. The number of hydrogen-bond acceptors (Lipinski definition) is 4. The van der Waals surface area contributed by atoms with Crippen LogP contribution in [-0.2, 0) is 0 Å². The molecule has 2 heterocycles. The standard InChI is InChI=1S/C52H50N4/c1-49(2)51(5,6)55(47(53-49)37-19-11-9-12-20-37)39-31-27-35(28-32-39)45-41-23-15-17-25-43(41)46(44-26-18-16-24-42(44)45)36-29-33-40(34-30-36)56-48(38-21-13-10-14-22-38)54-50(3,4)52(56,7)8/h9-34H,1-8H3. The third-order valence-corrected chi connectivity index (χ3v) is 13.1. The van der Waals surface area contributed by atoms with Crippen molar-refractivity contribution in [2.75, 3.05) is 9.80 Å². The maximum atomic E-state index is 5.29. The second-order valence-electron chi connectivity index (χ2n) is 17.4. The molecule has 2 aliphatic heterocycles. The van der Waals surface area contributed by atoms with Crippen LogP contribution in [0.5, 0.6) is 0 Å². The van der Waals surface area contributed by atoms with Crippen molar-refractivity contribution >= 4 is 44.6 Å². The minimum absolute atomic E-state index is 0.229. The van der Waals surface area contributed by atoms with Gasteiger partial charge < -0.3 is 9.80 Å². The molecule has 56 heavy (non-hydrogen) atoms. The molecule has 0 aliphatic carbocycles. The molecule has 9 rings (SSSR count). The van der Waals surface area contributed by atoms with Crippen molar-refractivity contribution in [3.63, 3.8) is 0 Å². The zero-order chi connectivity index (χ0) is 39.0. The predicted octanol–water partition coefficient (Wildman–Crippen LogP) is 13.0. The summed E-state index contributed by atoms with van der Waals surface area (Å²) in [6, 6.07) is 57.3. The molecule has 4 heteroatoms. The highest BCUT2D eigenvalue weighted by Crippen LogP contribution is 2.47. The van der Waals surface area contributed by atoms with E-state index >= 15 is 0 Å². The summed E-state index contributed by atoms with van der Waals surface area (Å²) < 4.78 is 0. The number of nitrogens with zero attached hydrogens (tertiary/aromatic N) is 4. The fourth-order valence-corrected chi connectivity index (χ4v) is 8.74. The van der Waals surface area contributed by atoms with Crippen LogP contribution in [0.25, 0.3) is 43.8 Å². The quantitative estimate of drug-likeness (QED) is 0.160. The SMILES string of the molecule is CC1(C)N=C(c2ccccc2)N(c2ccc(-c3c4ccccc4c(-c4ccc(N5C(c6ccccc6)=NC(C)(C)C5(C)C)cc4)c4ccccc34)cc2)C1(C)C. The average molecular weight is 731 g/mol. The number of hydrogen-bond donors (Lipinski definition) is 0. The molecule has 0 atom stereocenters. The number of amidine groups is 2. The molecule has 0 amide bonds. The summed E-state index contributed by atoms with van der Waals surface area (Å²) in [6.45, 7) is 18.2. The van der Waals surface area contributed by atoms with Crippen LogP contribution in [0.1, 0.15) is 66.5 Å². The van der Waals surface area contributed by atoms with E-state index in [2.05, 4.69) is 223 Å². The number of anilines is 2. The smallest absolute Gasteiger partial charge is 0.136 e. The van der Waals surface area contributed by atoms with Gasteiger partial charge in [0, 0.05) is 22.5 Å². The molecule has 0 spiro atoms. The lowest BCUT2D eigenvalue weighted by atomic mass is 9.82. The van der Waals surface area contributed by atoms with Gasteiger partial charge in [-0.2, -0.15) is 0 Å². The minimum Gasteiger partial charge on any atom is -0.318 e. The van der Waals surface area contributed by atoms with Crippen LogP contribution < -0.4 is 9.80 Å². The molecule has 0 radical (unpaired) electrons. The Balaban J connectivity index is 1.14. The van der Waals surface area contributed by atoms with E-state index in [4.69, 9.17) is 9.98 Å². The van der Waals surface area contributed by atoms with E-state index in [1.54, 1.807) is 0 Å². The molecule has 0 saturated heterocycles. The lowest BCUT2D eigenvalue weighted by molar-refractivity contribution is 0.338. The van der Waals surface area contributed by atoms with Crippen LogP contribution >= 0.6 is 0 Å². The topological polar surface area (TPSA) is 31.2 Å². The Labute approximate surface area is 331 Å². The van der Waals surface area contributed by atoms with E-state index in [0.29, 0.717) is 0 Å². The maximum absolute atomic E-state index is 5.29. The van der Waals surface area contributed by atoms with Crippen molar-refractivity contribution in [3.05, 3.63) is 169 Å². The average Bonchev–Trinajstić information content (AvgIpc) is 3.52. The normalized spacial score (nSPS) is 18.0. The van der Waals surface area contributed by atoms with E-state index in [-0.39, 0.29) is 22.2 Å². The summed E-state index contributed by atoms with van der Waals surface area (Å²) >= 11 is 0. The Bertz CT molecular complexity index is 2420. The third kappa shape index (κ3) is 5.41.